The third kappa shape index (κ3) is 3.29. The van der Waals surface area contributed by atoms with E-state index in [0.29, 0.717) is 17.9 Å². The van der Waals surface area contributed by atoms with Crippen LogP contribution in [0.4, 0.5) is 0 Å². The van der Waals surface area contributed by atoms with E-state index < -0.39 is 0 Å². The smallest absolute Gasteiger partial charge is 0.127 e. The average Bonchev–Trinajstić information content (AvgIpc) is 2.38. The van der Waals surface area contributed by atoms with Gasteiger partial charge < -0.3 is 19.3 Å². The summed E-state index contributed by atoms with van der Waals surface area (Å²) in [5, 5.41) is 9.63. The van der Waals surface area contributed by atoms with Crippen LogP contribution in [-0.4, -0.2) is 31.5 Å². The van der Waals surface area contributed by atoms with Gasteiger partial charge in [-0.05, 0) is 19.3 Å². The molecule has 1 aliphatic rings. The fourth-order valence-corrected chi connectivity index (χ4v) is 2.27. The Morgan fingerprint density at radius 2 is 1.61 bits per heavy atom. The summed E-state index contributed by atoms with van der Waals surface area (Å²) in [6.07, 6.45) is 3.39. The van der Waals surface area contributed by atoms with Crippen molar-refractivity contribution in [2.24, 2.45) is 0 Å². The van der Waals surface area contributed by atoms with Crippen LogP contribution in [0.1, 0.15) is 25.7 Å². The molecule has 1 aromatic rings. The number of rotatable bonds is 4. The number of ether oxygens (including phenoxy) is 3. The summed E-state index contributed by atoms with van der Waals surface area (Å²) in [6.45, 7) is 0. The molecule has 0 heterocycles. The predicted octanol–water partition coefficient (Wildman–Crippen LogP) is 2.39. The number of aliphatic hydroxyl groups is 1. The Morgan fingerprint density at radius 1 is 1.00 bits per heavy atom. The van der Waals surface area contributed by atoms with Crippen molar-refractivity contribution in [3.63, 3.8) is 0 Å². The number of aliphatic hydroxyl groups excluding tert-OH is 1. The van der Waals surface area contributed by atoms with Crippen LogP contribution in [0.5, 0.6) is 17.2 Å². The van der Waals surface area contributed by atoms with E-state index in [4.69, 9.17) is 14.2 Å². The molecule has 0 aliphatic heterocycles. The Morgan fingerprint density at radius 3 is 2.17 bits per heavy atom. The number of benzene rings is 1. The largest absolute Gasteiger partial charge is 0.496 e. The Hall–Kier alpha value is -1.42. The van der Waals surface area contributed by atoms with Crippen LogP contribution in [0.15, 0.2) is 18.2 Å². The standard InChI is InChI=1S/C14H20O4/c1-16-12-7-13(17-2)9-14(8-12)18-11-5-3-4-10(15)6-11/h7-11,15H,3-6H2,1-2H3. The fraction of sp³-hybridized carbons (Fsp3) is 0.571. The molecular formula is C14H20O4. The second kappa shape index (κ2) is 5.96. The van der Waals surface area contributed by atoms with Gasteiger partial charge in [0.25, 0.3) is 0 Å². The van der Waals surface area contributed by atoms with Gasteiger partial charge in [0.1, 0.15) is 23.4 Å². The third-order valence-corrected chi connectivity index (χ3v) is 3.23. The van der Waals surface area contributed by atoms with Crippen molar-refractivity contribution < 1.29 is 19.3 Å². The van der Waals surface area contributed by atoms with Crippen molar-refractivity contribution in [3.8, 4) is 17.2 Å². The van der Waals surface area contributed by atoms with Gasteiger partial charge in [-0.3, -0.25) is 0 Å². The van der Waals surface area contributed by atoms with Crippen LogP contribution >= 0.6 is 0 Å². The quantitative estimate of drug-likeness (QED) is 0.893. The maximum absolute atomic E-state index is 9.63. The molecule has 1 aromatic carbocycles. The molecule has 1 fully saturated rings. The normalized spacial score (nSPS) is 23.5. The van der Waals surface area contributed by atoms with Crippen LogP contribution < -0.4 is 14.2 Å². The van der Waals surface area contributed by atoms with Gasteiger partial charge in [-0.15, -0.1) is 0 Å². The van der Waals surface area contributed by atoms with Crippen LogP contribution in [0.3, 0.4) is 0 Å². The first-order chi connectivity index (χ1) is 8.71. The van der Waals surface area contributed by atoms with E-state index in [1.807, 2.05) is 18.2 Å². The highest BCUT2D eigenvalue weighted by Gasteiger charge is 2.21. The summed E-state index contributed by atoms with van der Waals surface area (Å²) in [6, 6.07) is 5.48. The van der Waals surface area contributed by atoms with Gasteiger partial charge in [-0.25, -0.2) is 0 Å². The lowest BCUT2D eigenvalue weighted by Crippen LogP contribution is -2.28. The lowest BCUT2D eigenvalue weighted by molar-refractivity contribution is 0.0534. The molecule has 1 saturated carbocycles. The molecule has 4 heteroatoms. The highest BCUT2D eigenvalue weighted by Crippen LogP contribution is 2.30. The van der Waals surface area contributed by atoms with Crippen LogP contribution in [-0.2, 0) is 0 Å². The first kappa shape index (κ1) is 13.0. The molecule has 2 unspecified atom stereocenters. The van der Waals surface area contributed by atoms with Crippen molar-refractivity contribution in [1.82, 2.24) is 0 Å². The van der Waals surface area contributed by atoms with E-state index in [2.05, 4.69) is 0 Å². The molecule has 0 amide bonds. The molecule has 0 bridgehead atoms. The zero-order valence-electron chi connectivity index (χ0n) is 10.9. The summed E-state index contributed by atoms with van der Waals surface area (Å²) in [7, 11) is 3.23. The van der Waals surface area contributed by atoms with Gasteiger partial charge in [0.2, 0.25) is 0 Å². The maximum atomic E-state index is 9.63. The van der Waals surface area contributed by atoms with Crippen molar-refractivity contribution in [1.29, 1.82) is 0 Å². The van der Waals surface area contributed by atoms with E-state index in [1.54, 1.807) is 14.2 Å². The highest BCUT2D eigenvalue weighted by molar-refractivity contribution is 5.42. The first-order valence-electron chi connectivity index (χ1n) is 6.29. The van der Waals surface area contributed by atoms with Crippen molar-refractivity contribution in [2.75, 3.05) is 14.2 Å². The zero-order chi connectivity index (χ0) is 13.0. The summed E-state index contributed by atoms with van der Waals surface area (Å²) in [5.74, 6) is 2.15. The topological polar surface area (TPSA) is 47.9 Å². The van der Waals surface area contributed by atoms with Gasteiger partial charge in [-0.2, -0.15) is 0 Å². The molecule has 2 atom stereocenters. The minimum absolute atomic E-state index is 0.0746. The van der Waals surface area contributed by atoms with Crippen LogP contribution in [0.25, 0.3) is 0 Å². The summed E-state index contributed by atoms with van der Waals surface area (Å²) in [4.78, 5) is 0. The molecule has 0 radical (unpaired) electrons. The predicted molar refractivity (Wildman–Crippen MR) is 68.4 cm³/mol. The molecule has 0 saturated heterocycles. The monoisotopic (exact) mass is 252 g/mol. The fourth-order valence-electron chi connectivity index (χ4n) is 2.27. The van der Waals surface area contributed by atoms with Crippen molar-refractivity contribution in [3.05, 3.63) is 18.2 Å². The summed E-state index contributed by atoms with van der Waals surface area (Å²) < 4.78 is 16.3. The van der Waals surface area contributed by atoms with E-state index in [0.717, 1.165) is 25.0 Å². The molecular weight excluding hydrogens is 232 g/mol. The molecule has 0 aromatic heterocycles. The molecule has 18 heavy (non-hydrogen) atoms. The minimum atomic E-state index is -0.240. The van der Waals surface area contributed by atoms with E-state index >= 15 is 0 Å². The molecule has 100 valence electrons. The lowest BCUT2D eigenvalue weighted by atomic mass is 9.95. The Kier molecular flexibility index (Phi) is 4.31. The average molecular weight is 252 g/mol. The second-order valence-electron chi connectivity index (χ2n) is 4.61. The number of hydrogen-bond acceptors (Lipinski definition) is 4. The molecule has 1 aliphatic carbocycles. The van der Waals surface area contributed by atoms with Gasteiger partial charge in [0, 0.05) is 24.6 Å². The Labute approximate surface area is 107 Å². The van der Waals surface area contributed by atoms with E-state index in [-0.39, 0.29) is 12.2 Å². The second-order valence-corrected chi connectivity index (χ2v) is 4.61. The Bertz CT molecular complexity index is 369. The van der Waals surface area contributed by atoms with Crippen LogP contribution in [0.2, 0.25) is 0 Å². The van der Waals surface area contributed by atoms with E-state index in [9.17, 15) is 5.11 Å². The van der Waals surface area contributed by atoms with Gasteiger partial charge >= 0.3 is 0 Å². The minimum Gasteiger partial charge on any atom is -0.496 e. The third-order valence-electron chi connectivity index (χ3n) is 3.23. The summed E-state index contributed by atoms with van der Waals surface area (Å²) in [5.41, 5.74) is 0. The summed E-state index contributed by atoms with van der Waals surface area (Å²) >= 11 is 0. The van der Waals surface area contributed by atoms with Gasteiger partial charge in [0.05, 0.1) is 20.3 Å². The van der Waals surface area contributed by atoms with Crippen molar-refractivity contribution in [2.45, 2.75) is 37.9 Å². The van der Waals surface area contributed by atoms with E-state index in [1.165, 1.54) is 0 Å². The van der Waals surface area contributed by atoms with Gasteiger partial charge in [-0.1, -0.05) is 0 Å². The zero-order valence-corrected chi connectivity index (χ0v) is 10.9. The van der Waals surface area contributed by atoms with Crippen LogP contribution in [0, 0.1) is 0 Å². The Balaban J connectivity index is 2.07. The SMILES string of the molecule is COc1cc(OC)cc(OC2CCCC(O)C2)c1. The molecule has 2 rings (SSSR count). The first-order valence-corrected chi connectivity index (χ1v) is 6.29. The highest BCUT2D eigenvalue weighted by atomic mass is 16.5. The maximum Gasteiger partial charge on any atom is 0.127 e. The molecule has 1 N–H and O–H groups in total. The van der Waals surface area contributed by atoms with Crippen molar-refractivity contribution >= 4 is 0 Å². The molecule has 0 spiro atoms. The van der Waals surface area contributed by atoms with Gasteiger partial charge in [0.15, 0.2) is 0 Å². The number of hydrogen-bond donors (Lipinski definition) is 1. The molecule has 4 nitrogen and oxygen atoms in total. The number of methoxy groups -OCH3 is 2. The lowest BCUT2D eigenvalue weighted by Gasteiger charge is -2.26.